The van der Waals surface area contributed by atoms with Gasteiger partial charge in [-0.2, -0.15) is 11.8 Å². The molecule has 0 bridgehead atoms. The zero-order valence-corrected chi connectivity index (χ0v) is 16.9. The molecule has 27 heavy (non-hydrogen) atoms. The molecule has 0 saturated heterocycles. The van der Waals surface area contributed by atoms with Crippen LogP contribution in [0.3, 0.4) is 0 Å². The fraction of sp³-hybridized carbons (Fsp3) is 0.474. The van der Waals surface area contributed by atoms with Crippen LogP contribution in [0.2, 0.25) is 0 Å². The Bertz CT molecular complexity index is 737. The van der Waals surface area contributed by atoms with Crippen molar-refractivity contribution in [3.63, 3.8) is 0 Å². The Labute approximate surface area is 162 Å². The molecule has 0 radical (unpaired) electrons. The van der Waals surface area contributed by atoms with Crippen molar-refractivity contribution in [2.24, 2.45) is 0 Å². The highest BCUT2D eigenvalue weighted by molar-refractivity contribution is 7.98. The Morgan fingerprint density at radius 3 is 2.11 bits per heavy atom. The molecule has 1 N–H and O–H groups in total. The van der Waals surface area contributed by atoms with Gasteiger partial charge in [-0.15, -0.1) is 0 Å². The number of esters is 1. The van der Waals surface area contributed by atoms with E-state index in [9.17, 15) is 19.2 Å². The van der Waals surface area contributed by atoms with Gasteiger partial charge in [-0.3, -0.25) is 19.3 Å². The van der Waals surface area contributed by atoms with Crippen molar-refractivity contribution >= 4 is 35.5 Å². The highest BCUT2D eigenvalue weighted by Gasteiger charge is 2.43. The Kier molecular flexibility index (Phi) is 6.30. The van der Waals surface area contributed by atoms with Crippen LogP contribution in [0.15, 0.2) is 24.3 Å². The van der Waals surface area contributed by atoms with Crippen LogP contribution < -0.4 is 5.32 Å². The van der Waals surface area contributed by atoms with Gasteiger partial charge in [-0.05, 0) is 46.1 Å². The third kappa shape index (κ3) is 4.68. The van der Waals surface area contributed by atoms with E-state index in [1.807, 2.05) is 20.8 Å². The van der Waals surface area contributed by atoms with Crippen molar-refractivity contribution in [3.05, 3.63) is 35.4 Å². The molecule has 0 fully saturated rings. The first kappa shape index (κ1) is 21.0. The van der Waals surface area contributed by atoms with Gasteiger partial charge in [0.15, 0.2) is 6.10 Å². The van der Waals surface area contributed by atoms with Crippen LogP contribution in [0.25, 0.3) is 0 Å². The van der Waals surface area contributed by atoms with E-state index < -0.39 is 41.4 Å². The van der Waals surface area contributed by atoms with Gasteiger partial charge in [-0.25, -0.2) is 4.79 Å². The first-order valence-corrected chi connectivity index (χ1v) is 9.94. The highest BCUT2D eigenvalue weighted by atomic mass is 32.2. The predicted molar refractivity (Wildman–Crippen MR) is 103 cm³/mol. The first-order chi connectivity index (χ1) is 12.6. The van der Waals surface area contributed by atoms with E-state index in [0.29, 0.717) is 0 Å². The minimum absolute atomic E-state index is 0.178. The van der Waals surface area contributed by atoms with Crippen LogP contribution in [-0.2, 0) is 14.3 Å². The van der Waals surface area contributed by atoms with Gasteiger partial charge in [0.05, 0.1) is 11.1 Å². The zero-order chi connectivity index (χ0) is 20.4. The van der Waals surface area contributed by atoms with Gasteiger partial charge in [0.2, 0.25) is 0 Å². The van der Waals surface area contributed by atoms with Crippen LogP contribution >= 0.6 is 11.8 Å². The molecule has 2 atom stereocenters. The molecule has 1 aliphatic heterocycles. The number of nitrogens with zero attached hydrogens (tertiary/aromatic N) is 1. The maximum absolute atomic E-state index is 12.7. The molecular weight excluding hydrogens is 368 g/mol. The Morgan fingerprint density at radius 1 is 1.15 bits per heavy atom. The number of hydrogen-bond donors (Lipinski definition) is 1. The Morgan fingerprint density at radius 2 is 1.67 bits per heavy atom. The fourth-order valence-electron chi connectivity index (χ4n) is 2.67. The number of nitrogens with one attached hydrogen (secondary N) is 1. The number of thioether (sulfide) groups is 1. The normalized spacial score (nSPS) is 16.0. The third-order valence-corrected chi connectivity index (χ3v) is 4.54. The second-order valence-corrected chi connectivity index (χ2v) is 8.23. The summed E-state index contributed by atoms with van der Waals surface area (Å²) >= 11 is 1.31. The van der Waals surface area contributed by atoms with E-state index in [4.69, 9.17) is 4.74 Å². The lowest BCUT2D eigenvalue weighted by atomic mass is 10.1. The summed E-state index contributed by atoms with van der Waals surface area (Å²) in [6.45, 7) is 6.90. The van der Waals surface area contributed by atoms with Crippen molar-refractivity contribution in [1.29, 1.82) is 0 Å². The lowest BCUT2D eigenvalue weighted by Gasteiger charge is -2.27. The van der Waals surface area contributed by atoms with E-state index in [-0.39, 0.29) is 16.9 Å². The smallest absolute Gasteiger partial charge is 0.331 e. The van der Waals surface area contributed by atoms with Gasteiger partial charge in [-0.1, -0.05) is 12.1 Å². The molecule has 7 nitrogen and oxygen atoms in total. The molecule has 0 spiro atoms. The van der Waals surface area contributed by atoms with Gasteiger partial charge in [0, 0.05) is 11.3 Å². The number of ether oxygens (including phenoxy) is 1. The second-order valence-electron chi connectivity index (χ2n) is 7.32. The topological polar surface area (TPSA) is 92.8 Å². The predicted octanol–water partition coefficient (Wildman–Crippen LogP) is 1.86. The van der Waals surface area contributed by atoms with Crippen molar-refractivity contribution in [2.75, 3.05) is 12.0 Å². The van der Waals surface area contributed by atoms with Gasteiger partial charge < -0.3 is 10.1 Å². The number of rotatable bonds is 6. The summed E-state index contributed by atoms with van der Waals surface area (Å²) in [5.41, 5.74) is 0.0544. The summed E-state index contributed by atoms with van der Waals surface area (Å²) in [4.78, 5) is 51.1. The maximum atomic E-state index is 12.7. The second kappa shape index (κ2) is 8.12. The van der Waals surface area contributed by atoms with E-state index >= 15 is 0 Å². The molecule has 1 aromatic carbocycles. The number of amides is 3. The summed E-state index contributed by atoms with van der Waals surface area (Å²) in [6, 6.07) is 5.33. The standard InChI is InChI=1S/C19H24N2O5S/c1-11(15(22)20-19(2,3)4)26-18(25)14(10-27-5)21-16(23)12-8-6-7-9-13(12)17(21)24/h6-9,11,14H,10H2,1-5H3,(H,20,22)/t11-,14+/m0/s1. The first-order valence-electron chi connectivity index (χ1n) is 8.55. The van der Waals surface area contributed by atoms with Crippen LogP contribution in [0.5, 0.6) is 0 Å². The lowest BCUT2D eigenvalue weighted by Crippen LogP contribution is -2.50. The molecule has 1 heterocycles. The van der Waals surface area contributed by atoms with Crippen molar-refractivity contribution in [2.45, 2.75) is 45.4 Å². The van der Waals surface area contributed by atoms with Crippen LogP contribution in [0, 0.1) is 0 Å². The third-order valence-electron chi connectivity index (χ3n) is 3.89. The fourth-order valence-corrected chi connectivity index (χ4v) is 3.28. The van der Waals surface area contributed by atoms with Crippen LogP contribution in [0.1, 0.15) is 48.4 Å². The molecule has 146 valence electrons. The number of hydrogen-bond acceptors (Lipinski definition) is 6. The van der Waals surface area contributed by atoms with Crippen molar-refractivity contribution in [1.82, 2.24) is 10.2 Å². The summed E-state index contributed by atoms with van der Waals surface area (Å²) < 4.78 is 5.27. The van der Waals surface area contributed by atoms with Crippen LogP contribution in [0.4, 0.5) is 0 Å². The van der Waals surface area contributed by atoms with E-state index in [0.717, 1.165) is 4.90 Å². The summed E-state index contributed by atoms with van der Waals surface area (Å²) in [5, 5.41) is 2.73. The van der Waals surface area contributed by atoms with E-state index in [1.54, 1.807) is 30.5 Å². The molecule has 0 aliphatic carbocycles. The van der Waals surface area contributed by atoms with Crippen molar-refractivity contribution < 1.29 is 23.9 Å². The Balaban J connectivity index is 2.18. The van der Waals surface area contributed by atoms with Gasteiger partial charge >= 0.3 is 5.97 Å². The largest absolute Gasteiger partial charge is 0.451 e. The monoisotopic (exact) mass is 392 g/mol. The number of imide groups is 1. The average Bonchev–Trinajstić information content (AvgIpc) is 2.83. The zero-order valence-electron chi connectivity index (χ0n) is 16.1. The summed E-state index contributed by atoms with van der Waals surface area (Å²) in [6.07, 6.45) is 0.713. The molecular formula is C19H24N2O5S. The van der Waals surface area contributed by atoms with E-state index in [1.165, 1.54) is 18.7 Å². The Hall–Kier alpha value is -2.35. The van der Waals surface area contributed by atoms with Crippen LogP contribution in [-0.4, -0.2) is 58.3 Å². The SMILES string of the molecule is CSC[C@H](C(=O)O[C@@H](C)C(=O)NC(C)(C)C)N1C(=O)c2ccccc2C1=O. The highest BCUT2D eigenvalue weighted by Crippen LogP contribution is 2.26. The lowest BCUT2D eigenvalue weighted by molar-refractivity contribution is -0.158. The summed E-state index contributed by atoms with van der Waals surface area (Å²) in [5.74, 6) is -2.11. The molecule has 0 aromatic heterocycles. The van der Waals surface area contributed by atoms with Gasteiger partial charge in [0.1, 0.15) is 6.04 Å². The van der Waals surface area contributed by atoms with Crippen molar-refractivity contribution in [3.8, 4) is 0 Å². The van der Waals surface area contributed by atoms with E-state index in [2.05, 4.69) is 5.32 Å². The minimum Gasteiger partial charge on any atom is -0.451 e. The molecule has 8 heteroatoms. The summed E-state index contributed by atoms with van der Waals surface area (Å²) in [7, 11) is 0. The molecule has 0 saturated carbocycles. The van der Waals surface area contributed by atoms with Gasteiger partial charge in [0.25, 0.3) is 17.7 Å². The average molecular weight is 392 g/mol. The molecule has 2 rings (SSSR count). The number of carbonyl (C=O) groups excluding carboxylic acids is 4. The minimum atomic E-state index is -1.10. The molecule has 0 unspecified atom stereocenters. The molecule has 3 amide bonds. The molecule has 1 aliphatic rings. The quantitative estimate of drug-likeness (QED) is 0.587. The number of fused-ring (bicyclic) bond motifs is 1. The maximum Gasteiger partial charge on any atom is 0.331 e. The molecule has 1 aromatic rings. The number of carbonyl (C=O) groups is 4. The number of benzene rings is 1.